The number of aromatic nitrogens is 2. The van der Waals surface area contributed by atoms with Crippen molar-refractivity contribution in [2.45, 2.75) is 60.2 Å². The van der Waals surface area contributed by atoms with Gasteiger partial charge in [0.2, 0.25) is 0 Å². The van der Waals surface area contributed by atoms with Gasteiger partial charge < -0.3 is 5.32 Å². The Hall–Kier alpha value is -1.61. The highest BCUT2D eigenvalue weighted by atomic mass is 15.3. The van der Waals surface area contributed by atoms with Crippen LogP contribution < -0.4 is 5.32 Å². The molecule has 2 aromatic rings. The fraction of sp³-hybridized carbons (Fsp3) is 0.500. The summed E-state index contributed by atoms with van der Waals surface area (Å²) in [4.78, 5) is 0. The van der Waals surface area contributed by atoms with E-state index < -0.39 is 0 Å². The van der Waals surface area contributed by atoms with Crippen LogP contribution in [0.1, 0.15) is 48.7 Å². The summed E-state index contributed by atoms with van der Waals surface area (Å²) in [6, 6.07) is 6.67. The summed E-state index contributed by atoms with van der Waals surface area (Å²) < 4.78 is 2.04. The first-order valence-electron chi connectivity index (χ1n) is 7.58. The molecule has 0 spiro atoms. The predicted octanol–water partition coefficient (Wildman–Crippen LogP) is 3.74. The van der Waals surface area contributed by atoms with Gasteiger partial charge in [0.25, 0.3) is 0 Å². The minimum Gasteiger partial charge on any atom is -0.308 e. The first kappa shape index (κ1) is 15.8. The highest BCUT2D eigenvalue weighted by Crippen LogP contribution is 2.13. The molecule has 0 amide bonds. The summed E-state index contributed by atoms with van der Waals surface area (Å²) in [5, 5.41) is 8.16. The van der Waals surface area contributed by atoms with Crippen molar-refractivity contribution in [2.75, 3.05) is 0 Å². The molecular weight excluding hydrogens is 258 g/mol. The average molecular weight is 285 g/mol. The maximum Gasteiger partial charge on any atom is 0.0659 e. The highest BCUT2D eigenvalue weighted by molar-refractivity contribution is 5.29. The Morgan fingerprint density at radius 1 is 1.05 bits per heavy atom. The number of hydrogen-bond acceptors (Lipinski definition) is 2. The van der Waals surface area contributed by atoms with Gasteiger partial charge in [0, 0.05) is 23.8 Å². The fourth-order valence-electron chi connectivity index (χ4n) is 2.52. The van der Waals surface area contributed by atoms with Crippen LogP contribution in [-0.2, 0) is 13.1 Å². The Balaban J connectivity index is 2.11. The first-order chi connectivity index (χ1) is 9.73. The van der Waals surface area contributed by atoms with Gasteiger partial charge in [-0.15, -0.1) is 0 Å². The topological polar surface area (TPSA) is 29.9 Å². The second-order valence-electron chi connectivity index (χ2n) is 7.04. The van der Waals surface area contributed by atoms with E-state index in [-0.39, 0.29) is 5.54 Å². The van der Waals surface area contributed by atoms with Crippen molar-refractivity contribution in [2.24, 2.45) is 0 Å². The molecule has 1 heterocycles. The monoisotopic (exact) mass is 285 g/mol. The summed E-state index contributed by atoms with van der Waals surface area (Å²) in [5.41, 5.74) is 6.44. The molecule has 3 heteroatoms. The summed E-state index contributed by atoms with van der Waals surface area (Å²) in [5.74, 6) is 0. The van der Waals surface area contributed by atoms with Gasteiger partial charge in [-0.3, -0.25) is 4.68 Å². The maximum absolute atomic E-state index is 4.64. The lowest BCUT2D eigenvalue weighted by molar-refractivity contribution is 0.423. The summed E-state index contributed by atoms with van der Waals surface area (Å²) in [6.07, 6.45) is 2.16. The lowest BCUT2D eigenvalue weighted by Crippen LogP contribution is -2.35. The van der Waals surface area contributed by atoms with Gasteiger partial charge in [-0.2, -0.15) is 5.10 Å². The van der Waals surface area contributed by atoms with Crippen molar-refractivity contribution < 1.29 is 0 Å². The predicted molar refractivity (Wildman–Crippen MR) is 88.6 cm³/mol. The summed E-state index contributed by atoms with van der Waals surface area (Å²) in [7, 11) is 0. The van der Waals surface area contributed by atoms with E-state index >= 15 is 0 Å². The minimum absolute atomic E-state index is 0.127. The van der Waals surface area contributed by atoms with E-state index in [1.54, 1.807) is 0 Å². The fourth-order valence-corrected chi connectivity index (χ4v) is 2.52. The van der Waals surface area contributed by atoms with Gasteiger partial charge in [0.1, 0.15) is 0 Å². The number of aryl methyl sites for hydroxylation is 3. The molecule has 0 saturated heterocycles. The van der Waals surface area contributed by atoms with E-state index in [0.29, 0.717) is 0 Å². The van der Waals surface area contributed by atoms with E-state index in [2.05, 4.69) is 76.4 Å². The van der Waals surface area contributed by atoms with Crippen LogP contribution >= 0.6 is 0 Å². The zero-order valence-electron chi connectivity index (χ0n) is 14.1. The van der Waals surface area contributed by atoms with Crippen molar-refractivity contribution in [1.82, 2.24) is 15.1 Å². The highest BCUT2D eigenvalue weighted by Gasteiger charge is 2.11. The molecule has 3 nitrogen and oxygen atoms in total. The van der Waals surface area contributed by atoms with Gasteiger partial charge >= 0.3 is 0 Å². The number of nitrogens with one attached hydrogen (secondary N) is 1. The Morgan fingerprint density at radius 2 is 1.67 bits per heavy atom. The Kier molecular flexibility index (Phi) is 4.52. The second kappa shape index (κ2) is 6.02. The SMILES string of the molecule is Cc1cc(C)cc(Cn2cc(CNC(C)(C)C)c(C)n2)c1. The van der Waals surface area contributed by atoms with Crippen LogP contribution in [0.3, 0.4) is 0 Å². The molecular formula is C18H27N3. The molecule has 0 atom stereocenters. The van der Waals surface area contributed by atoms with E-state index in [0.717, 1.165) is 18.8 Å². The van der Waals surface area contributed by atoms with Gasteiger partial charge in [-0.1, -0.05) is 29.3 Å². The van der Waals surface area contributed by atoms with Crippen LogP contribution in [0.15, 0.2) is 24.4 Å². The number of rotatable bonds is 4. The molecule has 114 valence electrons. The van der Waals surface area contributed by atoms with Crippen LogP contribution in [0, 0.1) is 20.8 Å². The zero-order chi connectivity index (χ0) is 15.6. The van der Waals surface area contributed by atoms with E-state index in [9.17, 15) is 0 Å². The molecule has 0 unspecified atom stereocenters. The Bertz CT molecular complexity index is 598. The molecule has 0 aliphatic rings. The third-order valence-corrected chi connectivity index (χ3v) is 3.48. The van der Waals surface area contributed by atoms with Crippen LogP contribution in [0.5, 0.6) is 0 Å². The van der Waals surface area contributed by atoms with Crippen LogP contribution in [0.4, 0.5) is 0 Å². The van der Waals surface area contributed by atoms with Gasteiger partial charge in [-0.05, 0) is 47.1 Å². The zero-order valence-corrected chi connectivity index (χ0v) is 14.1. The van der Waals surface area contributed by atoms with Crippen molar-refractivity contribution in [3.05, 3.63) is 52.3 Å². The number of nitrogens with zero attached hydrogens (tertiary/aromatic N) is 2. The maximum atomic E-state index is 4.64. The molecule has 0 fully saturated rings. The molecule has 2 rings (SSSR count). The minimum atomic E-state index is 0.127. The molecule has 0 aliphatic carbocycles. The van der Waals surface area contributed by atoms with E-state index in [4.69, 9.17) is 0 Å². The smallest absolute Gasteiger partial charge is 0.0659 e. The summed E-state index contributed by atoms with van der Waals surface area (Å²) >= 11 is 0. The third kappa shape index (κ3) is 4.71. The lowest BCUT2D eigenvalue weighted by atomic mass is 10.1. The molecule has 0 bridgehead atoms. The molecule has 1 aromatic heterocycles. The molecule has 0 aliphatic heterocycles. The van der Waals surface area contributed by atoms with E-state index in [1.165, 1.54) is 22.3 Å². The van der Waals surface area contributed by atoms with Crippen molar-refractivity contribution in [3.8, 4) is 0 Å². The average Bonchev–Trinajstić information content (AvgIpc) is 2.64. The van der Waals surface area contributed by atoms with Gasteiger partial charge in [0.05, 0.1) is 12.2 Å². The van der Waals surface area contributed by atoms with Crippen molar-refractivity contribution >= 4 is 0 Å². The Labute approximate surface area is 128 Å². The molecule has 0 saturated carbocycles. The molecule has 1 aromatic carbocycles. The molecule has 1 N–H and O–H groups in total. The standard InChI is InChI=1S/C18H27N3/c1-13-7-14(2)9-16(8-13)11-21-12-17(15(3)20-21)10-19-18(4,5)6/h7-9,12,19H,10-11H2,1-6H3. The Morgan fingerprint density at radius 3 is 2.24 bits per heavy atom. The van der Waals surface area contributed by atoms with Gasteiger partial charge in [0.15, 0.2) is 0 Å². The van der Waals surface area contributed by atoms with Crippen molar-refractivity contribution in [3.63, 3.8) is 0 Å². The summed E-state index contributed by atoms with van der Waals surface area (Å²) in [6.45, 7) is 14.6. The largest absolute Gasteiger partial charge is 0.308 e. The lowest BCUT2D eigenvalue weighted by Gasteiger charge is -2.20. The van der Waals surface area contributed by atoms with Crippen LogP contribution in [0.2, 0.25) is 0 Å². The van der Waals surface area contributed by atoms with Crippen molar-refractivity contribution in [1.29, 1.82) is 0 Å². The van der Waals surface area contributed by atoms with Gasteiger partial charge in [-0.25, -0.2) is 0 Å². The normalized spacial score (nSPS) is 11.9. The molecule has 21 heavy (non-hydrogen) atoms. The van der Waals surface area contributed by atoms with Crippen LogP contribution in [-0.4, -0.2) is 15.3 Å². The number of benzene rings is 1. The third-order valence-electron chi connectivity index (χ3n) is 3.48. The number of hydrogen-bond donors (Lipinski definition) is 1. The second-order valence-corrected chi connectivity index (χ2v) is 7.04. The molecule has 0 radical (unpaired) electrons. The van der Waals surface area contributed by atoms with E-state index in [1.807, 2.05) is 4.68 Å². The quantitative estimate of drug-likeness (QED) is 0.927. The first-order valence-corrected chi connectivity index (χ1v) is 7.58. The van der Waals surface area contributed by atoms with Crippen LogP contribution in [0.25, 0.3) is 0 Å².